The second-order valence-corrected chi connectivity index (χ2v) is 6.74. The van der Waals surface area contributed by atoms with Crippen LogP contribution in [0, 0.1) is 0 Å². The first-order valence-electron chi connectivity index (χ1n) is 7.08. The van der Waals surface area contributed by atoms with Crippen molar-refractivity contribution in [2.45, 2.75) is 30.7 Å². The molecule has 1 amide bonds. The van der Waals surface area contributed by atoms with Gasteiger partial charge in [-0.1, -0.05) is 48.5 Å². The number of carbonyl (C=O) groups excluding carboxylic acids is 1. The lowest BCUT2D eigenvalue weighted by Crippen LogP contribution is -2.45. The predicted octanol–water partition coefficient (Wildman–Crippen LogP) is 3.92. The number of carbonyl (C=O) groups is 1. The molecule has 0 atom stereocenters. The number of hydrogen-bond acceptors (Lipinski definition) is 2. The average molecular weight is 299 g/mol. The summed E-state index contributed by atoms with van der Waals surface area (Å²) >= 11 is 1.56. The van der Waals surface area contributed by atoms with Crippen LogP contribution in [-0.2, 0) is 11.2 Å². The van der Waals surface area contributed by atoms with E-state index < -0.39 is 0 Å². The summed E-state index contributed by atoms with van der Waals surface area (Å²) in [7, 11) is 0. The minimum absolute atomic E-state index is 0.0739. The van der Waals surface area contributed by atoms with Gasteiger partial charge in [-0.2, -0.15) is 0 Å². The highest BCUT2D eigenvalue weighted by Gasteiger charge is 2.20. The highest BCUT2D eigenvalue weighted by molar-refractivity contribution is 8.00. The van der Waals surface area contributed by atoms with Crippen molar-refractivity contribution < 1.29 is 4.79 Å². The molecular weight excluding hydrogens is 278 g/mol. The Hall–Kier alpha value is -1.74. The number of nitrogens with one attached hydrogen (secondary N) is 1. The van der Waals surface area contributed by atoms with Crippen molar-refractivity contribution in [3.8, 4) is 0 Å². The molecule has 0 saturated carbocycles. The molecule has 2 rings (SSSR count). The van der Waals surface area contributed by atoms with Gasteiger partial charge in [0.05, 0.1) is 5.75 Å². The van der Waals surface area contributed by atoms with E-state index in [1.165, 1.54) is 5.56 Å². The van der Waals surface area contributed by atoms with Crippen LogP contribution in [-0.4, -0.2) is 17.2 Å². The maximum atomic E-state index is 12.1. The van der Waals surface area contributed by atoms with Gasteiger partial charge in [0.2, 0.25) is 5.91 Å². The zero-order valence-electron chi connectivity index (χ0n) is 12.5. The third kappa shape index (κ3) is 5.64. The van der Waals surface area contributed by atoms with Crippen molar-refractivity contribution in [3.63, 3.8) is 0 Å². The minimum Gasteiger partial charge on any atom is -0.350 e. The van der Waals surface area contributed by atoms with Gasteiger partial charge in [0.25, 0.3) is 0 Å². The van der Waals surface area contributed by atoms with Crippen molar-refractivity contribution in [1.82, 2.24) is 5.32 Å². The number of benzene rings is 2. The van der Waals surface area contributed by atoms with E-state index in [9.17, 15) is 4.79 Å². The Kier molecular flexibility index (Phi) is 5.45. The van der Waals surface area contributed by atoms with E-state index in [4.69, 9.17) is 0 Å². The third-order valence-electron chi connectivity index (χ3n) is 3.08. The Morgan fingerprint density at radius 2 is 1.57 bits per heavy atom. The van der Waals surface area contributed by atoms with Crippen LogP contribution in [0.5, 0.6) is 0 Å². The standard InChI is InChI=1S/C18H21NOS/c1-18(2,13-15-9-5-3-6-10-15)19-17(20)14-21-16-11-7-4-8-12-16/h3-12H,13-14H2,1-2H3,(H,19,20). The Morgan fingerprint density at radius 1 is 1.00 bits per heavy atom. The molecular formula is C18H21NOS. The van der Waals surface area contributed by atoms with E-state index in [2.05, 4.69) is 31.3 Å². The summed E-state index contributed by atoms with van der Waals surface area (Å²) in [6, 6.07) is 20.2. The van der Waals surface area contributed by atoms with Gasteiger partial charge < -0.3 is 5.32 Å². The third-order valence-corrected chi connectivity index (χ3v) is 4.09. The van der Waals surface area contributed by atoms with Gasteiger partial charge in [-0.05, 0) is 38.0 Å². The van der Waals surface area contributed by atoms with E-state index in [0.29, 0.717) is 5.75 Å². The molecule has 0 radical (unpaired) electrons. The van der Waals surface area contributed by atoms with E-state index in [0.717, 1.165) is 11.3 Å². The number of hydrogen-bond donors (Lipinski definition) is 1. The summed E-state index contributed by atoms with van der Waals surface area (Å²) in [5.41, 5.74) is 0.994. The van der Waals surface area contributed by atoms with Crippen LogP contribution in [0.15, 0.2) is 65.6 Å². The minimum atomic E-state index is -0.240. The highest BCUT2D eigenvalue weighted by atomic mass is 32.2. The van der Waals surface area contributed by atoms with Crippen LogP contribution in [0.2, 0.25) is 0 Å². The molecule has 2 aromatic rings. The van der Waals surface area contributed by atoms with Gasteiger partial charge in [-0.3, -0.25) is 4.79 Å². The molecule has 0 spiro atoms. The molecule has 0 bridgehead atoms. The molecule has 2 nitrogen and oxygen atoms in total. The maximum absolute atomic E-state index is 12.1. The van der Waals surface area contributed by atoms with Gasteiger partial charge in [-0.25, -0.2) is 0 Å². The molecule has 0 aliphatic carbocycles. The van der Waals surface area contributed by atoms with Crippen LogP contribution in [0.4, 0.5) is 0 Å². The topological polar surface area (TPSA) is 29.1 Å². The smallest absolute Gasteiger partial charge is 0.230 e. The molecule has 110 valence electrons. The summed E-state index contributed by atoms with van der Waals surface area (Å²) in [5.74, 6) is 0.521. The average Bonchev–Trinajstić information content (AvgIpc) is 2.46. The van der Waals surface area contributed by atoms with Crippen LogP contribution in [0.25, 0.3) is 0 Å². The van der Waals surface area contributed by atoms with E-state index in [-0.39, 0.29) is 11.4 Å². The zero-order chi connectivity index (χ0) is 15.1. The van der Waals surface area contributed by atoms with Gasteiger partial charge in [-0.15, -0.1) is 11.8 Å². The summed E-state index contributed by atoms with van der Waals surface area (Å²) in [5, 5.41) is 3.12. The largest absolute Gasteiger partial charge is 0.350 e. The predicted molar refractivity (Wildman–Crippen MR) is 89.5 cm³/mol. The number of rotatable bonds is 6. The Labute approximate surface area is 131 Å². The first-order valence-corrected chi connectivity index (χ1v) is 8.06. The first-order chi connectivity index (χ1) is 10.1. The summed E-state index contributed by atoms with van der Waals surface area (Å²) in [6.07, 6.45) is 0.829. The van der Waals surface area contributed by atoms with Gasteiger partial charge in [0.15, 0.2) is 0 Å². The second kappa shape index (κ2) is 7.32. The summed E-state index contributed by atoms with van der Waals surface area (Å²) in [6.45, 7) is 4.12. The number of thioether (sulfide) groups is 1. The fourth-order valence-corrected chi connectivity index (χ4v) is 2.95. The molecule has 1 N–H and O–H groups in total. The van der Waals surface area contributed by atoms with Crippen LogP contribution >= 0.6 is 11.8 Å². The normalized spacial score (nSPS) is 11.1. The molecule has 0 aliphatic heterocycles. The molecule has 0 unspecified atom stereocenters. The van der Waals surface area contributed by atoms with E-state index in [1.807, 2.05) is 48.5 Å². The van der Waals surface area contributed by atoms with Gasteiger partial charge in [0, 0.05) is 10.4 Å². The quantitative estimate of drug-likeness (QED) is 0.819. The Balaban J connectivity index is 1.83. The van der Waals surface area contributed by atoms with Gasteiger partial charge >= 0.3 is 0 Å². The lowest BCUT2D eigenvalue weighted by molar-refractivity contribution is -0.120. The lowest BCUT2D eigenvalue weighted by atomic mass is 9.95. The summed E-state index contributed by atoms with van der Waals surface area (Å²) in [4.78, 5) is 13.2. The molecule has 0 aromatic heterocycles. The molecule has 0 fully saturated rings. The SMILES string of the molecule is CC(C)(Cc1ccccc1)NC(=O)CSc1ccccc1. The molecule has 21 heavy (non-hydrogen) atoms. The lowest BCUT2D eigenvalue weighted by Gasteiger charge is -2.26. The molecule has 2 aromatic carbocycles. The fourth-order valence-electron chi connectivity index (χ4n) is 2.23. The monoisotopic (exact) mass is 299 g/mol. The molecule has 3 heteroatoms. The van der Waals surface area contributed by atoms with Gasteiger partial charge in [0.1, 0.15) is 0 Å². The molecule has 0 saturated heterocycles. The Bertz CT molecular complexity index is 566. The van der Waals surface area contributed by atoms with Crippen molar-refractivity contribution >= 4 is 17.7 Å². The Morgan fingerprint density at radius 3 is 2.19 bits per heavy atom. The highest BCUT2D eigenvalue weighted by Crippen LogP contribution is 2.17. The van der Waals surface area contributed by atoms with E-state index >= 15 is 0 Å². The molecule has 0 heterocycles. The first kappa shape index (κ1) is 15.6. The fraction of sp³-hybridized carbons (Fsp3) is 0.278. The second-order valence-electron chi connectivity index (χ2n) is 5.70. The van der Waals surface area contributed by atoms with E-state index in [1.54, 1.807) is 11.8 Å². The van der Waals surface area contributed by atoms with Crippen LogP contribution in [0.3, 0.4) is 0 Å². The number of amides is 1. The maximum Gasteiger partial charge on any atom is 0.230 e. The summed E-state index contributed by atoms with van der Waals surface area (Å²) < 4.78 is 0. The molecule has 0 aliphatic rings. The van der Waals surface area contributed by atoms with Crippen molar-refractivity contribution in [3.05, 3.63) is 66.2 Å². The van der Waals surface area contributed by atoms with Crippen LogP contribution in [0.1, 0.15) is 19.4 Å². The van der Waals surface area contributed by atoms with Crippen molar-refractivity contribution in [1.29, 1.82) is 0 Å². The van der Waals surface area contributed by atoms with Crippen molar-refractivity contribution in [2.75, 3.05) is 5.75 Å². The van der Waals surface area contributed by atoms with Crippen molar-refractivity contribution in [2.24, 2.45) is 0 Å². The van der Waals surface area contributed by atoms with Crippen LogP contribution < -0.4 is 5.32 Å². The zero-order valence-corrected chi connectivity index (χ0v) is 13.3.